The average molecular weight is 263 g/mol. The van der Waals surface area contributed by atoms with E-state index in [1.165, 1.54) is 11.1 Å². The number of aliphatic imine (C=N–C) groups is 1. The summed E-state index contributed by atoms with van der Waals surface area (Å²) in [4.78, 5) is 25.6. The molecule has 0 aromatic carbocycles. The summed E-state index contributed by atoms with van der Waals surface area (Å²) in [6.45, 7) is 1.28. The molecule has 0 spiro atoms. The average Bonchev–Trinajstić information content (AvgIpc) is 2.79. The van der Waals surface area contributed by atoms with E-state index in [1.54, 1.807) is 6.21 Å². The van der Waals surface area contributed by atoms with Gasteiger partial charge in [-0.15, -0.1) is 0 Å². The first-order valence-electron chi connectivity index (χ1n) is 5.98. The molecule has 3 heterocycles. The van der Waals surface area contributed by atoms with Crippen LogP contribution in [0.25, 0.3) is 0 Å². The number of nitrogens with two attached hydrogens (primary N) is 1. The number of anilines is 1. The van der Waals surface area contributed by atoms with Gasteiger partial charge in [0.2, 0.25) is 5.82 Å². The first-order valence-corrected chi connectivity index (χ1v) is 5.98. The molecule has 0 bridgehead atoms. The summed E-state index contributed by atoms with van der Waals surface area (Å²) in [5.74, 6) is 1.15. The molecule has 0 saturated carbocycles. The lowest BCUT2D eigenvalue weighted by Crippen LogP contribution is -2.26. The van der Waals surface area contributed by atoms with Gasteiger partial charge in [0.25, 0.3) is 5.88 Å². The molecule has 3 rings (SSSR count). The highest BCUT2D eigenvalue weighted by atomic mass is 16.6. The Morgan fingerprint density at radius 1 is 1.53 bits per heavy atom. The Morgan fingerprint density at radius 3 is 3.26 bits per heavy atom. The van der Waals surface area contributed by atoms with E-state index in [4.69, 9.17) is 15.2 Å². The third kappa shape index (κ3) is 2.22. The van der Waals surface area contributed by atoms with Crippen molar-refractivity contribution in [3.63, 3.8) is 0 Å². The predicted molar refractivity (Wildman–Crippen MR) is 67.0 cm³/mol. The first-order chi connectivity index (χ1) is 9.28. The van der Waals surface area contributed by atoms with Crippen molar-refractivity contribution in [1.29, 1.82) is 0 Å². The molecule has 2 aliphatic heterocycles. The van der Waals surface area contributed by atoms with Gasteiger partial charge in [-0.05, 0) is 13.0 Å². The SMILES string of the molecule is NCCC1CN(c2cnc3c(n2)N=CCO3)C(=O)O1. The number of aromatic nitrogens is 2. The van der Waals surface area contributed by atoms with E-state index in [-0.39, 0.29) is 6.10 Å². The van der Waals surface area contributed by atoms with Gasteiger partial charge in [-0.1, -0.05) is 0 Å². The van der Waals surface area contributed by atoms with Crippen molar-refractivity contribution in [2.24, 2.45) is 10.7 Å². The number of rotatable bonds is 3. The lowest BCUT2D eigenvalue weighted by atomic mass is 10.2. The summed E-state index contributed by atoms with van der Waals surface area (Å²) >= 11 is 0. The Hall–Kier alpha value is -2.22. The van der Waals surface area contributed by atoms with Gasteiger partial charge >= 0.3 is 6.09 Å². The van der Waals surface area contributed by atoms with E-state index >= 15 is 0 Å². The number of ether oxygens (including phenoxy) is 2. The van der Waals surface area contributed by atoms with Crippen LogP contribution in [0.15, 0.2) is 11.2 Å². The minimum atomic E-state index is -0.437. The molecule has 0 aliphatic carbocycles. The molecule has 1 unspecified atom stereocenters. The molecule has 2 N–H and O–H groups in total. The lowest BCUT2D eigenvalue weighted by molar-refractivity contribution is 0.138. The fourth-order valence-corrected chi connectivity index (χ4v) is 1.96. The number of hydrogen-bond acceptors (Lipinski definition) is 7. The molecule has 100 valence electrons. The maximum atomic E-state index is 11.8. The lowest BCUT2D eigenvalue weighted by Gasteiger charge is -2.14. The number of cyclic esters (lactones) is 1. The highest BCUT2D eigenvalue weighted by Gasteiger charge is 2.33. The van der Waals surface area contributed by atoms with Crippen LogP contribution in [0.3, 0.4) is 0 Å². The zero-order valence-corrected chi connectivity index (χ0v) is 10.2. The van der Waals surface area contributed by atoms with E-state index in [0.29, 0.717) is 43.6 Å². The Labute approximate surface area is 109 Å². The molecule has 1 fully saturated rings. The van der Waals surface area contributed by atoms with Crippen LogP contribution in [0.5, 0.6) is 5.88 Å². The summed E-state index contributed by atoms with van der Waals surface area (Å²) in [5.41, 5.74) is 5.46. The van der Waals surface area contributed by atoms with Gasteiger partial charge in [-0.25, -0.2) is 19.8 Å². The van der Waals surface area contributed by atoms with E-state index in [0.717, 1.165) is 0 Å². The van der Waals surface area contributed by atoms with Crippen LogP contribution in [0.4, 0.5) is 16.4 Å². The summed E-state index contributed by atoms with van der Waals surface area (Å²) in [6, 6.07) is 0. The predicted octanol–water partition coefficient (Wildman–Crippen LogP) is 0.245. The van der Waals surface area contributed by atoms with Crippen LogP contribution in [0, 0.1) is 0 Å². The second kappa shape index (κ2) is 4.81. The van der Waals surface area contributed by atoms with E-state index in [1.807, 2.05) is 0 Å². The van der Waals surface area contributed by atoms with Crippen molar-refractivity contribution < 1.29 is 14.3 Å². The van der Waals surface area contributed by atoms with Crippen molar-refractivity contribution in [2.75, 3.05) is 24.6 Å². The standard InChI is InChI=1S/C11H13N5O3/c12-2-1-7-6-16(11(17)19-7)8-5-14-10-9(15-8)13-3-4-18-10/h3,5,7H,1-2,4,6,12H2. The molecule has 1 atom stereocenters. The summed E-state index contributed by atoms with van der Waals surface area (Å²) in [6.07, 6.45) is 3.07. The summed E-state index contributed by atoms with van der Waals surface area (Å²) < 4.78 is 10.4. The Balaban J connectivity index is 1.83. The van der Waals surface area contributed by atoms with Crippen LogP contribution < -0.4 is 15.4 Å². The highest BCUT2D eigenvalue weighted by Crippen LogP contribution is 2.29. The molecule has 1 aromatic rings. The van der Waals surface area contributed by atoms with Gasteiger partial charge in [0.1, 0.15) is 12.7 Å². The summed E-state index contributed by atoms with van der Waals surface area (Å²) in [5, 5.41) is 0. The van der Waals surface area contributed by atoms with Gasteiger partial charge in [-0.3, -0.25) is 4.90 Å². The zero-order valence-electron chi connectivity index (χ0n) is 10.2. The van der Waals surface area contributed by atoms with Crippen molar-refractivity contribution in [3.05, 3.63) is 6.20 Å². The molecule has 8 heteroatoms. The number of fused-ring (bicyclic) bond motifs is 1. The van der Waals surface area contributed by atoms with Crippen molar-refractivity contribution >= 4 is 23.9 Å². The Bertz CT molecular complexity index is 533. The van der Waals surface area contributed by atoms with E-state index in [2.05, 4.69) is 15.0 Å². The highest BCUT2D eigenvalue weighted by molar-refractivity contribution is 5.88. The minimum Gasteiger partial charge on any atom is -0.469 e. The minimum absolute atomic E-state index is 0.199. The zero-order chi connectivity index (χ0) is 13.2. The fraction of sp³-hybridized carbons (Fsp3) is 0.455. The monoisotopic (exact) mass is 263 g/mol. The molecular weight excluding hydrogens is 250 g/mol. The second-order valence-corrected chi connectivity index (χ2v) is 4.17. The van der Waals surface area contributed by atoms with E-state index < -0.39 is 6.09 Å². The Kier molecular flexibility index (Phi) is 3.00. The third-order valence-corrected chi connectivity index (χ3v) is 2.86. The topological polar surface area (TPSA) is 103 Å². The van der Waals surface area contributed by atoms with Crippen molar-refractivity contribution in [3.8, 4) is 5.88 Å². The van der Waals surface area contributed by atoms with Crippen LogP contribution in [0.2, 0.25) is 0 Å². The molecule has 1 aromatic heterocycles. The van der Waals surface area contributed by atoms with Crippen LogP contribution in [0.1, 0.15) is 6.42 Å². The molecule has 0 radical (unpaired) electrons. The Morgan fingerprint density at radius 2 is 2.42 bits per heavy atom. The summed E-state index contributed by atoms with van der Waals surface area (Å²) in [7, 11) is 0. The third-order valence-electron chi connectivity index (χ3n) is 2.86. The molecule has 2 aliphatic rings. The largest absolute Gasteiger partial charge is 0.469 e. The van der Waals surface area contributed by atoms with E-state index in [9.17, 15) is 4.79 Å². The molecule has 1 amide bonds. The maximum absolute atomic E-state index is 11.8. The number of carbonyl (C=O) groups is 1. The van der Waals surface area contributed by atoms with Crippen LogP contribution in [-0.4, -0.2) is 48.1 Å². The van der Waals surface area contributed by atoms with Gasteiger partial charge < -0.3 is 15.2 Å². The fourth-order valence-electron chi connectivity index (χ4n) is 1.96. The van der Waals surface area contributed by atoms with Gasteiger partial charge in [-0.2, -0.15) is 0 Å². The molecule has 19 heavy (non-hydrogen) atoms. The molecule has 1 saturated heterocycles. The normalized spacial score (nSPS) is 21.0. The van der Waals surface area contributed by atoms with Crippen molar-refractivity contribution in [2.45, 2.75) is 12.5 Å². The van der Waals surface area contributed by atoms with Gasteiger partial charge in [0.15, 0.2) is 5.82 Å². The van der Waals surface area contributed by atoms with Crippen molar-refractivity contribution in [1.82, 2.24) is 9.97 Å². The number of nitrogens with zero attached hydrogens (tertiary/aromatic N) is 4. The number of hydrogen-bond donors (Lipinski definition) is 1. The molecule has 8 nitrogen and oxygen atoms in total. The van der Waals surface area contributed by atoms with Crippen LogP contribution >= 0.6 is 0 Å². The number of carbonyl (C=O) groups excluding carboxylic acids is 1. The van der Waals surface area contributed by atoms with Gasteiger partial charge in [0, 0.05) is 6.21 Å². The van der Waals surface area contributed by atoms with Crippen LogP contribution in [-0.2, 0) is 4.74 Å². The maximum Gasteiger partial charge on any atom is 0.415 e. The quantitative estimate of drug-likeness (QED) is 0.838. The number of amides is 1. The second-order valence-electron chi connectivity index (χ2n) is 4.17. The first kappa shape index (κ1) is 11.8. The van der Waals surface area contributed by atoms with Gasteiger partial charge in [0.05, 0.1) is 12.7 Å². The smallest absolute Gasteiger partial charge is 0.415 e. The molecular formula is C11H13N5O3.